The summed E-state index contributed by atoms with van der Waals surface area (Å²) >= 11 is 0. The van der Waals surface area contributed by atoms with Crippen molar-refractivity contribution in [3.8, 4) is 73.2 Å². The first-order valence-corrected chi connectivity index (χ1v) is 20.3. The number of fused-ring (bicyclic) bond motifs is 12. The standard InChI is InChI=1S/C58H42N4O/c1-58(2,3)38-32-33-59-56(34-38)62-51-26-11-10-23-47(51)48-31-30-41(36-55(48)62)63-40-17-14-16-39(35-40)60-37-61(53-28-13-12-27-52(53)60)54-29-15-25-50-46-21-7-6-20-44(46)42-18-4-5-19-43(42)45-22-8-9-24-49(45)57(50)54/h4-36H,1-3H3/i4D,5D,6D,7D,8D,9D,15D,18D,19D,20D,21D,22D,24D,25D,29D. The Balaban J connectivity index is 1.10. The van der Waals surface area contributed by atoms with Crippen molar-refractivity contribution in [2.45, 2.75) is 26.2 Å². The van der Waals surface area contributed by atoms with Crippen LogP contribution in [0.1, 0.15) is 46.9 Å². The number of para-hydroxylation sites is 3. The highest BCUT2D eigenvalue weighted by Gasteiger charge is 2.25. The molecule has 0 saturated heterocycles. The smallest absolute Gasteiger partial charge is 0.269 e. The van der Waals surface area contributed by atoms with Crippen molar-refractivity contribution >= 4 is 32.8 Å². The molecule has 63 heavy (non-hydrogen) atoms. The summed E-state index contributed by atoms with van der Waals surface area (Å²) in [4.78, 5) is 4.81. The van der Waals surface area contributed by atoms with Crippen molar-refractivity contribution in [2.75, 3.05) is 0 Å². The lowest BCUT2D eigenvalue weighted by Crippen LogP contribution is -2.30. The van der Waals surface area contributed by atoms with E-state index in [-0.39, 0.29) is 16.7 Å². The van der Waals surface area contributed by atoms with Gasteiger partial charge in [0.05, 0.1) is 54.0 Å². The molecule has 0 spiro atoms. The molecule has 11 aromatic rings. The van der Waals surface area contributed by atoms with Crippen LogP contribution in [0.3, 0.4) is 0 Å². The van der Waals surface area contributed by atoms with Crippen LogP contribution in [0.4, 0.5) is 0 Å². The maximum absolute atomic E-state index is 9.74. The van der Waals surface area contributed by atoms with Crippen LogP contribution in [0.5, 0.6) is 11.5 Å². The van der Waals surface area contributed by atoms with Crippen molar-refractivity contribution in [1.29, 1.82) is 0 Å². The Morgan fingerprint density at radius 2 is 1.17 bits per heavy atom. The van der Waals surface area contributed by atoms with Crippen LogP contribution in [0, 0.1) is 6.33 Å². The number of hydrogen-bond acceptors (Lipinski definition) is 2. The van der Waals surface area contributed by atoms with Crippen LogP contribution < -0.4 is 9.30 Å². The minimum atomic E-state index is -0.789. The minimum Gasteiger partial charge on any atom is -0.458 e. The third kappa shape index (κ3) is 5.99. The summed E-state index contributed by atoms with van der Waals surface area (Å²) in [5.74, 6) is 1.71. The Kier molecular flexibility index (Phi) is 5.54. The second kappa shape index (κ2) is 14.3. The van der Waals surface area contributed by atoms with E-state index in [2.05, 4.69) is 49.9 Å². The van der Waals surface area contributed by atoms with Crippen LogP contribution in [0.15, 0.2) is 200 Å². The summed E-state index contributed by atoms with van der Waals surface area (Å²) in [5, 5.41) is 2.04. The lowest BCUT2D eigenvalue weighted by molar-refractivity contribution is -0.571. The topological polar surface area (TPSA) is 35.9 Å². The van der Waals surface area contributed by atoms with Crippen molar-refractivity contribution in [1.82, 2.24) is 14.1 Å². The van der Waals surface area contributed by atoms with Gasteiger partial charge in [-0.1, -0.05) is 154 Å². The zero-order chi connectivity index (χ0) is 55.3. The molecule has 8 aromatic carbocycles. The molecule has 5 nitrogen and oxygen atoms in total. The Hall–Kier alpha value is -8.02. The van der Waals surface area contributed by atoms with E-state index < -0.39 is 130 Å². The summed E-state index contributed by atoms with van der Waals surface area (Å²) in [6.07, 6.45) is 5.14. The van der Waals surface area contributed by atoms with Crippen molar-refractivity contribution < 1.29 is 29.9 Å². The fourth-order valence-electron chi connectivity index (χ4n) is 8.56. The normalized spacial score (nSPS) is 15.4. The number of rotatable bonds is 5. The Morgan fingerprint density at radius 3 is 1.92 bits per heavy atom. The maximum Gasteiger partial charge on any atom is 0.269 e. The Morgan fingerprint density at radius 1 is 0.556 bits per heavy atom. The maximum atomic E-state index is 9.74. The molecule has 0 unspecified atom stereocenters. The van der Waals surface area contributed by atoms with Gasteiger partial charge in [0.15, 0.2) is 0 Å². The van der Waals surface area contributed by atoms with E-state index in [1.807, 2.05) is 42.6 Å². The lowest BCUT2D eigenvalue weighted by atomic mass is 9.80. The molecule has 3 aromatic heterocycles. The van der Waals surface area contributed by atoms with E-state index in [0.717, 1.165) is 33.2 Å². The molecule has 3 heterocycles. The summed E-state index contributed by atoms with van der Waals surface area (Å²) in [7, 11) is 0. The van der Waals surface area contributed by atoms with E-state index in [1.54, 1.807) is 53.1 Å². The SMILES string of the molecule is [2H]c1c([2H])c([2H])c2c(c1[2H])-c1c([2H])c([2H])c([2H])c([2H])c1-c1c([2H])c([2H])c([2H])c(-[n+]3[c-]n(-c4cccc(Oc5ccc6c7ccccc7n(-c7cc(C(C)(C)C)ccn7)c6c5)c4)c4ccccc43)c1-c1c([2H])c([2H])c([2H])c([2H])c1-2. The van der Waals surface area contributed by atoms with Gasteiger partial charge in [-0.3, -0.25) is 13.7 Å². The average molecular weight is 826 g/mol. The summed E-state index contributed by atoms with van der Waals surface area (Å²) in [5.41, 5.74) is 0.314. The predicted octanol–water partition coefficient (Wildman–Crippen LogP) is 14.3. The van der Waals surface area contributed by atoms with Gasteiger partial charge in [0.1, 0.15) is 17.3 Å². The van der Waals surface area contributed by atoms with Crippen LogP contribution in [-0.4, -0.2) is 14.1 Å². The minimum absolute atomic E-state index is 0.125. The molecule has 0 fully saturated rings. The van der Waals surface area contributed by atoms with Crippen molar-refractivity contribution in [3.63, 3.8) is 0 Å². The molecule has 300 valence electrons. The monoisotopic (exact) mass is 825 g/mol. The van der Waals surface area contributed by atoms with Crippen LogP contribution in [0.25, 0.3) is 94.5 Å². The van der Waals surface area contributed by atoms with Gasteiger partial charge in [-0.25, -0.2) is 4.98 Å². The first-order chi connectivity index (χ1) is 37.1. The quantitative estimate of drug-likeness (QED) is 0.128. The Labute approximate surface area is 387 Å². The van der Waals surface area contributed by atoms with Gasteiger partial charge in [0, 0.05) is 28.6 Å². The number of ether oxygens (including phenoxy) is 1. The molecule has 0 radical (unpaired) electrons. The second-order valence-corrected chi connectivity index (χ2v) is 16.3. The number of hydrogen-bond donors (Lipinski definition) is 0. The van der Waals surface area contributed by atoms with Crippen LogP contribution >= 0.6 is 0 Å². The number of benzene rings is 8. The number of nitrogens with zero attached hydrogens (tertiary/aromatic N) is 4. The largest absolute Gasteiger partial charge is 0.458 e. The third-order valence-electron chi connectivity index (χ3n) is 11.5. The number of pyridine rings is 1. The van der Waals surface area contributed by atoms with Crippen LogP contribution in [0.2, 0.25) is 0 Å². The molecule has 5 heteroatoms. The van der Waals surface area contributed by atoms with Gasteiger partial charge >= 0.3 is 0 Å². The Bertz CT molecular complexity index is 4470. The van der Waals surface area contributed by atoms with E-state index in [9.17, 15) is 12.3 Å². The molecular weight excluding hydrogens is 769 g/mol. The highest BCUT2D eigenvalue weighted by molar-refractivity contribution is 6.09. The summed E-state index contributed by atoms with van der Waals surface area (Å²) < 4.78 is 150. The van der Waals surface area contributed by atoms with Gasteiger partial charge in [0.2, 0.25) is 0 Å². The zero-order valence-electron chi connectivity index (χ0n) is 49.1. The molecule has 0 saturated carbocycles. The predicted molar refractivity (Wildman–Crippen MR) is 256 cm³/mol. The highest BCUT2D eigenvalue weighted by atomic mass is 16.5. The number of imidazole rings is 1. The first kappa shape index (κ1) is 24.4. The zero-order valence-corrected chi connectivity index (χ0v) is 34.1. The molecule has 1 aliphatic carbocycles. The first-order valence-electron chi connectivity index (χ1n) is 27.8. The number of aromatic nitrogens is 4. The second-order valence-electron chi connectivity index (χ2n) is 16.3. The third-order valence-corrected chi connectivity index (χ3v) is 11.5. The summed E-state index contributed by atoms with van der Waals surface area (Å²) in [6.45, 7) is 6.47. The van der Waals surface area contributed by atoms with E-state index in [1.165, 1.54) is 4.57 Å². The van der Waals surface area contributed by atoms with Gasteiger partial charge in [-0.15, -0.1) is 0 Å². The molecule has 0 atom stereocenters. The van der Waals surface area contributed by atoms with Crippen molar-refractivity contribution in [2.24, 2.45) is 0 Å². The fraction of sp³-hybridized carbons (Fsp3) is 0.0690. The van der Waals surface area contributed by atoms with Gasteiger partial charge in [-0.2, -0.15) is 0 Å². The fourth-order valence-corrected chi connectivity index (χ4v) is 8.56. The van der Waals surface area contributed by atoms with Gasteiger partial charge in [-0.05, 0) is 104 Å². The summed E-state index contributed by atoms with van der Waals surface area (Å²) in [6, 6.07) is 20.9. The van der Waals surface area contributed by atoms with Gasteiger partial charge in [0.25, 0.3) is 6.33 Å². The van der Waals surface area contributed by atoms with Crippen LogP contribution in [-0.2, 0) is 5.41 Å². The molecule has 1 aliphatic rings. The van der Waals surface area contributed by atoms with E-state index in [4.69, 9.17) is 17.9 Å². The van der Waals surface area contributed by atoms with E-state index in [0.29, 0.717) is 28.2 Å². The van der Waals surface area contributed by atoms with Crippen molar-refractivity contribution in [3.05, 3.63) is 212 Å². The molecule has 0 amide bonds. The molecule has 0 N–H and O–H groups in total. The van der Waals surface area contributed by atoms with E-state index >= 15 is 0 Å². The van der Waals surface area contributed by atoms with Gasteiger partial charge < -0.3 is 4.74 Å². The molecule has 0 bridgehead atoms. The highest BCUT2D eigenvalue weighted by Crippen LogP contribution is 2.49. The average Bonchev–Trinajstić information content (AvgIpc) is 3.91. The molecular formula is C58H42N4O. The molecule has 12 rings (SSSR count). The molecule has 0 aliphatic heterocycles. The lowest BCUT2D eigenvalue weighted by Gasteiger charge is -2.25.